The van der Waals surface area contributed by atoms with E-state index in [0.717, 1.165) is 38.4 Å². The molecule has 0 unspecified atom stereocenters. The number of nitrogens with zero attached hydrogens (tertiary/aromatic N) is 5. The van der Waals surface area contributed by atoms with Crippen LogP contribution in [0.4, 0.5) is 0 Å². The van der Waals surface area contributed by atoms with Crippen LogP contribution in [-0.4, -0.2) is 29.6 Å². The molecule has 176 valence electrons. The highest BCUT2D eigenvalue weighted by molar-refractivity contribution is 5.93. The number of aromatic nitrogens is 5. The molecule has 0 aliphatic carbocycles. The Labute approximate surface area is 211 Å². The van der Waals surface area contributed by atoms with Crippen molar-refractivity contribution >= 4 is 32.7 Å². The molecule has 7 heteroatoms. The topological polar surface area (TPSA) is 86.0 Å². The second-order valence-electron chi connectivity index (χ2n) is 8.61. The largest absolute Gasteiger partial charge is 0.480 e. The van der Waals surface area contributed by atoms with Gasteiger partial charge in [-0.3, -0.25) is 0 Å². The third-order valence-electron chi connectivity index (χ3n) is 6.32. The predicted octanol–water partition coefficient (Wildman–Crippen LogP) is 6.68. The number of para-hydroxylation sites is 3. The zero-order valence-electron chi connectivity index (χ0n) is 19.5. The maximum absolute atomic E-state index is 10.7. The zero-order valence-corrected chi connectivity index (χ0v) is 19.5. The van der Waals surface area contributed by atoms with Gasteiger partial charge in [-0.05, 0) is 35.7 Å². The lowest BCUT2D eigenvalue weighted by molar-refractivity contribution is 0.422. The van der Waals surface area contributed by atoms with Crippen LogP contribution in [0.1, 0.15) is 0 Å². The van der Waals surface area contributed by atoms with Gasteiger partial charge in [-0.25, -0.2) is 14.5 Å². The lowest BCUT2D eigenvalue weighted by Gasteiger charge is -2.13. The number of imidazole rings is 1. The summed E-state index contributed by atoms with van der Waals surface area (Å²) in [6.45, 7) is 0. The van der Waals surface area contributed by atoms with Crippen LogP contribution in [0.25, 0.3) is 49.8 Å². The molecule has 0 spiro atoms. The van der Waals surface area contributed by atoms with Crippen LogP contribution in [0.15, 0.2) is 109 Å². The molecule has 0 fully saturated rings. The number of pyridine rings is 1. The summed E-state index contributed by atoms with van der Waals surface area (Å²) in [5, 5.41) is 13.5. The highest BCUT2D eigenvalue weighted by Gasteiger charge is 2.17. The number of hydrogen-bond acceptors (Lipinski definition) is 6. The highest BCUT2D eigenvalue weighted by Crippen LogP contribution is 2.34. The van der Waals surface area contributed by atoms with Crippen LogP contribution in [0.5, 0.6) is 17.6 Å². The third-order valence-corrected chi connectivity index (χ3v) is 6.32. The fraction of sp³-hybridized carbons (Fsp3) is 0. The van der Waals surface area contributed by atoms with Gasteiger partial charge in [0.2, 0.25) is 5.88 Å². The fourth-order valence-corrected chi connectivity index (χ4v) is 4.66. The average Bonchev–Trinajstić information content (AvgIpc) is 3.28. The smallest absolute Gasteiger partial charge is 0.300 e. The lowest BCUT2D eigenvalue weighted by atomic mass is 10.1. The minimum Gasteiger partial charge on any atom is -0.480 e. The first-order valence-electron chi connectivity index (χ1n) is 11.8. The summed E-state index contributed by atoms with van der Waals surface area (Å²) in [6, 6.07) is 32.8. The number of ether oxygens (including phenoxy) is 1. The van der Waals surface area contributed by atoms with E-state index < -0.39 is 0 Å². The van der Waals surface area contributed by atoms with E-state index in [1.807, 2.05) is 103 Å². The fourth-order valence-electron chi connectivity index (χ4n) is 4.66. The molecule has 4 aromatic carbocycles. The third kappa shape index (κ3) is 3.61. The van der Waals surface area contributed by atoms with Crippen molar-refractivity contribution < 1.29 is 9.84 Å². The van der Waals surface area contributed by atoms with E-state index in [1.54, 1.807) is 10.9 Å². The molecule has 7 nitrogen and oxygen atoms in total. The maximum atomic E-state index is 10.7. The van der Waals surface area contributed by atoms with E-state index in [2.05, 4.69) is 15.0 Å². The van der Waals surface area contributed by atoms with Crippen molar-refractivity contribution in [2.45, 2.75) is 0 Å². The van der Waals surface area contributed by atoms with E-state index in [9.17, 15) is 5.11 Å². The van der Waals surface area contributed by atoms with Crippen molar-refractivity contribution in [3.8, 4) is 34.7 Å². The van der Waals surface area contributed by atoms with Crippen LogP contribution in [0.2, 0.25) is 0 Å². The van der Waals surface area contributed by atoms with Crippen molar-refractivity contribution in [1.29, 1.82) is 0 Å². The van der Waals surface area contributed by atoms with E-state index in [1.165, 1.54) is 0 Å². The van der Waals surface area contributed by atoms with Gasteiger partial charge in [0, 0.05) is 22.4 Å². The Balaban J connectivity index is 1.35. The van der Waals surface area contributed by atoms with Crippen LogP contribution in [0, 0.1) is 0 Å². The standard InChI is InChI=1S/C30H19N5O2/c36-30-33-25-14-5-6-15-26(25)35(30)29-22-11-2-1-8-19(22)17-27(34-29)37-21-10-7-9-20(16-21)28-23-12-3-4-13-24(23)31-18-32-28/h1-18H,(H,33,36). The molecule has 37 heavy (non-hydrogen) atoms. The number of hydrogen-bond donors (Lipinski definition) is 1. The summed E-state index contributed by atoms with van der Waals surface area (Å²) in [5.74, 6) is 1.56. The van der Waals surface area contributed by atoms with Crippen molar-refractivity contribution in [3.05, 3.63) is 109 Å². The molecule has 0 aliphatic heterocycles. The van der Waals surface area contributed by atoms with Gasteiger partial charge in [0.1, 0.15) is 12.1 Å². The molecular weight excluding hydrogens is 462 g/mol. The second-order valence-corrected chi connectivity index (χ2v) is 8.61. The summed E-state index contributed by atoms with van der Waals surface area (Å²) in [5.41, 5.74) is 4.06. The number of benzene rings is 4. The Kier molecular flexibility index (Phi) is 4.79. The van der Waals surface area contributed by atoms with E-state index >= 15 is 0 Å². The van der Waals surface area contributed by atoms with E-state index in [4.69, 9.17) is 9.72 Å². The van der Waals surface area contributed by atoms with Crippen LogP contribution < -0.4 is 4.74 Å². The first-order chi connectivity index (χ1) is 18.2. The second kappa shape index (κ2) is 8.42. The predicted molar refractivity (Wildman–Crippen MR) is 143 cm³/mol. The van der Waals surface area contributed by atoms with Crippen molar-refractivity contribution in [3.63, 3.8) is 0 Å². The first kappa shape index (κ1) is 21.0. The van der Waals surface area contributed by atoms with Gasteiger partial charge in [0.15, 0.2) is 5.82 Å². The molecule has 3 aromatic heterocycles. The van der Waals surface area contributed by atoms with Gasteiger partial charge in [-0.1, -0.05) is 66.7 Å². The lowest BCUT2D eigenvalue weighted by Crippen LogP contribution is -2.00. The Morgan fingerprint density at radius 2 is 1.46 bits per heavy atom. The average molecular weight is 482 g/mol. The summed E-state index contributed by atoms with van der Waals surface area (Å²) in [4.78, 5) is 18.0. The molecule has 0 radical (unpaired) electrons. The number of rotatable bonds is 4. The van der Waals surface area contributed by atoms with Gasteiger partial charge < -0.3 is 9.84 Å². The van der Waals surface area contributed by atoms with Gasteiger partial charge in [0.25, 0.3) is 0 Å². The van der Waals surface area contributed by atoms with Crippen molar-refractivity contribution in [2.24, 2.45) is 0 Å². The Morgan fingerprint density at radius 1 is 0.676 bits per heavy atom. The van der Waals surface area contributed by atoms with E-state index in [0.29, 0.717) is 23.0 Å². The minimum absolute atomic E-state index is 0.131. The molecule has 0 bridgehead atoms. The zero-order chi connectivity index (χ0) is 24.8. The molecule has 0 aliphatic rings. The van der Waals surface area contributed by atoms with Crippen LogP contribution in [-0.2, 0) is 0 Å². The number of aromatic hydroxyl groups is 1. The SMILES string of the molecule is Oc1nc2ccccc2n1-c1nc(Oc2cccc(-c3ncnc4ccccc34)c2)cc2ccccc12. The Bertz CT molecular complexity index is 1940. The quantitative estimate of drug-likeness (QED) is 0.302. The molecule has 0 saturated heterocycles. The first-order valence-corrected chi connectivity index (χ1v) is 11.8. The summed E-state index contributed by atoms with van der Waals surface area (Å²) in [6.07, 6.45) is 1.57. The minimum atomic E-state index is -0.131. The van der Waals surface area contributed by atoms with Gasteiger partial charge in [-0.15, -0.1) is 0 Å². The molecule has 7 aromatic rings. The highest BCUT2D eigenvalue weighted by atomic mass is 16.5. The van der Waals surface area contributed by atoms with Crippen molar-refractivity contribution in [1.82, 2.24) is 24.5 Å². The van der Waals surface area contributed by atoms with Crippen molar-refractivity contribution in [2.75, 3.05) is 0 Å². The van der Waals surface area contributed by atoms with Gasteiger partial charge >= 0.3 is 6.01 Å². The maximum Gasteiger partial charge on any atom is 0.300 e. The van der Waals surface area contributed by atoms with Gasteiger partial charge in [0.05, 0.1) is 22.2 Å². The Hall–Kier alpha value is -5.30. The summed E-state index contributed by atoms with van der Waals surface area (Å²) >= 11 is 0. The summed E-state index contributed by atoms with van der Waals surface area (Å²) < 4.78 is 7.93. The number of fused-ring (bicyclic) bond motifs is 3. The Morgan fingerprint density at radius 3 is 2.38 bits per heavy atom. The van der Waals surface area contributed by atoms with Crippen LogP contribution >= 0.6 is 0 Å². The molecule has 7 rings (SSSR count). The normalized spacial score (nSPS) is 11.4. The molecule has 3 heterocycles. The van der Waals surface area contributed by atoms with E-state index in [-0.39, 0.29) is 6.01 Å². The molecule has 0 atom stereocenters. The summed E-state index contributed by atoms with van der Waals surface area (Å²) in [7, 11) is 0. The monoisotopic (exact) mass is 481 g/mol. The molecule has 0 saturated carbocycles. The van der Waals surface area contributed by atoms with Gasteiger partial charge in [-0.2, -0.15) is 9.97 Å². The molecule has 1 N–H and O–H groups in total. The van der Waals surface area contributed by atoms with Crippen LogP contribution in [0.3, 0.4) is 0 Å². The molecule has 0 amide bonds. The molecular formula is C30H19N5O2.